The number of aryl methyl sites for hydroxylation is 1. The van der Waals surface area contributed by atoms with Crippen molar-refractivity contribution >= 4 is 35.4 Å². The van der Waals surface area contributed by atoms with Crippen LogP contribution in [0.2, 0.25) is 0 Å². The molecule has 0 radical (unpaired) electrons. The van der Waals surface area contributed by atoms with E-state index < -0.39 is 29.0 Å². The molecule has 1 amide bonds. The number of aromatic nitrogens is 3. The van der Waals surface area contributed by atoms with Gasteiger partial charge in [0.1, 0.15) is 17.1 Å². The summed E-state index contributed by atoms with van der Waals surface area (Å²) < 4.78 is 1.29. The van der Waals surface area contributed by atoms with Crippen molar-refractivity contribution in [3.63, 3.8) is 0 Å². The van der Waals surface area contributed by atoms with Crippen molar-refractivity contribution in [2.45, 2.75) is 16.6 Å². The molecule has 26 heavy (non-hydrogen) atoms. The second-order valence-electron chi connectivity index (χ2n) is 5.18. The molecule has 2 aliphatic rings. The number of fused-ring (bicyclic) bond motifs is 1. The first kappa shape index (κ1) is 24.0. The molecular formula is C12H15N5Na2O5S2. The first-order chi connectivity index (χ1) is 11.3. The zero-order valence-corrected chi connectivity index (χ0v) is 20.0. The molecule has 0 saturated carbocycles. The molecule has 0 aromatic carbocycles. The average molecular weight is 419 g/mol. The van der Waals surface area contributed by atoms with Crippen LogP contribution in [0.5, 0.6) is 0 Å². The molecule has 4 N–H and O–H groups in total. The first-order valence-corrected chi connectivity index (χ1v) is 8.80. The number of aromatic amines is 1. The molecule has 132 valence electrons. The Morgan fingerprint density at radius 3 is 2.73 bits per heavy atom. The van der Waals surface area contributed by atoms with Gasteiger partial charge in [-0.05, 0) is 5.57 Å². The standard InChI is InChI=1S/C12H13N5O5S2.2Na.2H/c1-16-12(14-7(18)8(19)15-16)24-3-4-2-23-10-5(13)9(20)17(10)6(4)11(21)22;;;;/h5,10H,2-3,13H2,1H3,(H,15,19)(H,21,22);;;;/q;2*+1;2*-1/t5?,10-;;;;/m1..../s1. The van der Waals surface area contributed by atoms with Crippen molar-refractivity contribution < 1.29 is 76.7 Å². The van der Waals surface area contributed by atoms with Gasteiger partial charge in [-0.15, -0.1) is 11.8 Å². The minimum Gasteiger partial charge on any atom is -1.00 e. The van der Waals surface area contributed by atoms with E-state index in [9.17, 15) is 24.3 Å². The molecule has 14 heteroatoms. The third kappa shape index (κ3) is 4.33. The van der Waals surface area contributed by atoms with Gasteiger partial charge in [-0.1, -0.05) is 11.8 Å². The maximum atomic E-state index is 11.9. The number of aliphatic carboxylic acids is 1. The van der Waals surface area contributed by atoms with Gasteiger partial charge in [0.2, 0.25) is 5.91 Å². The van der Waals surface area contributed by atoms with E-state index in [4.69, 9.17) is 5.73 Å². The van der Waals surface area contributed by atoms with E-state index in [1.807, 2.05) is 0 Å². The normalized spacial score (nSPS) is 21.3. The minimum absolute atomic E-state index is 0. The maximum absolute atomic E-state index is 11.9. The zero-order chi connectivity index (χ0) is 17.6. The van der Waals surface area contributed by atoms with Gasteiger partial charge in [-0.25, -0.2) is 4.79 Å². The number of carbonyl (C=O) groups excluding carboxylic acids is 1. The van der Waals surface area contributed by atoms with Crippen molar-refractivity contribution in [3.05, 3.63) is 32.0 Å². The van der Waals surface area contributed by atoms with Crippen LogP contribution >= 0.6 is 23.5 Å². The van der Waals surface area contributed by atoms with Crippen molar-refractivity contribution in [3.8, 4) is 0 Å². The number of nitrogens with zero attached hydrogens (tertiary/aromatic N) is 3. The van der Waals surface area contributed by atoms with Gasteiger partial charge in [0.15, 0.2) is 5.16 Å². The second-order valence-corrected chi connectivity index (χ2v) is 7.23. The molecule has 1 fully saturated rings. The number of carboxylic acids is 1. The van der Waals surface area contributed by atoms with Crippen LogP contribution in [-0.2, 0) is 16.6 Å². The average Bonchev–Trinajstić information content (AvgIpc) is 2.55. The Morgan fingerprint density at radius 1 is 1.46 bits per heavy atom. The van der Waals surface area contributed by atoms with E-state index in [0.29, 0.717) is 11.3 Å². The monoisotopic (exact) mass is 419 g/mol. The first-order valence-electron chi connectivity index (χ1n) is 6.77. The number of carboxylic acid groups (broad SMARTS) is 1. The van der Waals surface area contributed by atoms with E-state index >= 15 is 0 Å². The molecule has 2 atom stereocenters. The summed E-state index contributed by atoms with van der Waals surface area (Å²) >= 11 is 2.50. The molecule has 1 aromatic rings. The summed E-state index contributed by atoms with van der Waals surface area (Å²) in [6.45, 7) is 0. The number of carbonyl (C=O) groups is 2. The fourth-order valence-electron chi connectivity index (χ4n) is 2.43. The van der Waals surface area contributed by atoms with Gasteiger partial charge < -0.3 is 13.7 Å². The van der Waals surface area contributed by atoms with Gasteiger partial charge in [-0.3, -0.25) is 29.1 Å². The molecule has 3 rings (SSSR count). The SMILES string of the molecule is Cn1[nH]c(=O)c(=O)nc1SCC1=C(C(=O)O)N2C(=O)C(N)[C@H]2SC1.[H-].[H-].[Na+].[Na+]. The minimum atomic E-state index is -1.19. The Balaban J connectivity index is 0. The number of nitrogens with one attached hydrogen (secondary N) is 1. The molecule has 3 heterocycles. The number of H-pyrrole nitrogens is 1. The molecular weight excluding hydrogens is 404 g/mol. The summed E-state index contributed by atoms with van der Waals surface area (Å²) in [4.78, 5) is 50.8. The van der Waals surface area contributed by atoms with Crippen LogP contribution < -0.4 is 76.0 Å². The van der Waals surface area contributed by atoms with Gasteiger partial charge in [0.25, 0.3) is 0 Å². The Bertz CT molecular complexity index is 896. The summed E-state index contributed by atoms with van der Waals surface area (Å²) in [7, 11) is 1.52. The third-order valence-electron chi connectivity index (χ3n) is 3.61. The van der Waals surface area contributed by atoms with E-state index in [0.717, 1.165) is 11.8 Å². The van der Waals surface area contributed by atoms with Crippen molar-refractivity contribution in [1.82, 2.24) is 19.7 Å². The summed E-state index contributed by atoms with van der Waals surface area (Å²) in [6, 6.07) is -0.680. The molecule has 0 spiro atoms. The predicted octanol–water partition coefficient (Wildman–Crippen LogP) is -7.63. The van der Waals surface area contributed by atoms with Crippen LogP contribution in [0.25, 0.3) is 0 Å². The third-order valence-corrected chi connectivity index (χ3v) is 6.09. The number of hydrogen-bond acceptors (Lipinski definition) is 8. The van der Waals surface area contributed by atoms with Gasteiger partial charge in [0.05, 0.1) is 0 Å². The number of nitrogens with two attached hydrogens (primary N) is 1. The summed E-state index contributed by atoms with van der Waals surface area (Å²) in [6.07, 6.45) is 0. The Kier molecular flexibility index (Phi) is 8.70. The van der Waals surface area contributed by atoms with Crippen molar-refractivity contribution in [1.29, 1.82) is 0 Å². The summed E-state index contributed by atoms with van der Waals surface area (Å²) in [5.41, 5.74) is 4.42. The van der Waals surface area contributed by atoms with Crippen LogP contribution in [0.1, 0.15) is 2.85 Å². The van der Waals surface area contributed by atoms with E-state index in [1.165, 1.54) is 28.4 Å². The van der Waals surface area contributed by atoms with E-state index in [2.05, 4.69) is 10.1 Å². The predicted molar refractivity (Wildman–Crippen MR) is 88.8 cm³/mol. The maximum Gasteiger partial charge on any atom is 1.00 e. The fourth-order valence-corrected chi connectivity index (χ4v) is 4.78. The van der Waals surface area contributed by atoms with Crippen LogP contribution in [0.4, 0.5) is 0 Å². The number of hydrogen-bond donors (Lipinski definition) is 3. The fraction of sp³-hybridized carbons (Fsp3) is 0.417. The number of thioether (sulfide) groups is 2. The number of β-lactam (4-membered cyclic amide) rings is 1. The second kappa shape index (κ2) is 9.43. The summed E-state index contributed by atoms with van der Waals surface area (Å²) in [5.74, 6) is -0.984. The smallest absolute Gasteiger partial charge is 1.00 e. The van der Waals surface area contributed by atoms with E-state index in [1.54, 1.807) is 0 Å². The van der Waals surface area contributed by atoms with E-state index in [-0.39, 0.29) is 83.9 Å². The van der Waals surface area contributed by atoms with Gasteiger partial charge in [-0.2, -0.15) is 4.98 Å². The quantitative estimate of drug-likeness (QED) is 0.187. The Hall–Kier alpha value is -0.0500. The van der Waals surface area contributed by atoms with Gasteiger partial charge in [0, 0.05) is 18.6 Å². The Labute approximate surface area is 202 Å². The molecule has 0 bridgehead atoms. The molecule has 1 aromatic heterocycles. The number of amides is 1. The molecule has 2 aliphatic heterocycles. The molecule has 1 saturated heterocycles. The Morgan fingerprint density at radius 2 is 2.12 bits per heavy atom. The van der Waals surface area contributed by atoms with Crippen LogP contribution in [-0.4, -0.2) is 59.6 Å². The van der Waals surface area contributed by atoms with Crippen molar-refractivity contribution in [2.24, 2.45) is 12.8 Å². The molecule has 0 aliphatic carbocycles. The number of rotatable bonds is 4. The zero-order valence-electron chi connectivity index (χ0n) is 16.4. The summed E-state index contributed by atoms with van der Waals surface area (Å²) in [5, 5.41) is 11.6. The molecule has 10 nitrogen and oxygen atoms in total. The molecule has 1 unspecified atom stereocenters. The van der Waals surface area contributed by atoms with Crippen LogP contribution in [0, 0.1) is 0 Å². The largest absolute Gasteiger partial charge is 1.00 e. The topological polar surface area (TPSA) is 151 Å². The van der Waals surface area contributed by atoms with Gasteiger partial charge >= 0.3 is 76.2 Å². The van der Waals surface area contributed by atoms with Crippen LogP contribution in [0.3, 0.4) is 0 Å². The van der Waals surface area contributed by atoms with Crippen LogP contribution in [0.15, 0.2) is 26.0 Å². The van der Waals surface area contributed by atoms with Crippen molar-refractivity contribution in [2.75, 3.05) is 11.5 Å².